The number of amides is 2. The molecule has 1 aliphatic heterocycles. The number of benzene rings is 1. The minimum Gasteiger partial charge on any atom is -0.399 e. The van der Waals surface area contributed by atoms with Crippen LogP contribution in [0.4, 0.5) is 11.4 Å². The minimum atomic E-state index is -0.252. The van der Waals surface area contributed by atoms with Gasteiger partial charge in [0.15, 0.2) is 0 Å². The molecule has 1 fully saturated rings. The average molecular weight is 290 g/mol. The van der Waals surface area contributed by atoms with E-state index in [-0.39, 0.29) is 17.7 Å². The number of hydrogen-bond donors (Lipinski definition) is 3. The molecule has 1 unspecified atom stereocenters. The second-order valence-electron chi connectivity index (χ2n) is 5.56. The standard InChI is InChI=1S/C15H22N4O2/c1-10-2-3-12(16)8-13(10)18-14(20)5-7-19-6-4-11(9-19)15(17)21/h2-3,8,11H,4-7,9,16H2,1H3,(H2,17,21)(H,18,20). The molecule has 114 valence electrons. The third kappa shape index (κ3) is 4.19. The average Bonchev–Trinajstić information content (AvgIpc) is 2.90. The number of nitrogens with two attached hydrogens (primary N) is 2. The number of aryl methyl sites for hydroxylation is 1. The highest BCUT2D eigenvalue weighted by Crippen LogP contribution is 2.19. The van der Waals surface area contributed by atoms with Gasteiger partial charge in [0.05, 0.1) is 5.92 Å². The van der Waals surface area contributed by atoms with Crippen LogP contribution in [0.5, 0.6) is 0 Å². The van der Waals surface area contributed by atoms with Crippen LogP contribution >= 0.6 is 0 Å². The number of carbonyl (C=O) groups is 2. The largest absolute Gasteiger partial charge is 0.399 e. The third-order valence-electron chi connectivity index (χ3n) is 3.87. The molecule has 21 heavy (non-hydrogen) atoms. The van der Waals surface area contributed by atoms with Gasteiger partial charge in [0.25, 0.3) is 0 Å². The van der Waals surface area contributed by atoms with E-state index in [4.69, 9.17) is 11.5 Å². The summed E-state index contributed by atoms with van der Waals surface area (Å²) in [5.41, 5.74) is 13.4. The number of anilines is 2. The first-order chi connectivity index (χ1) is 9.95. The zero-order chi connectivity index (χ0) is 15.4. The molecule has 1 atom stereocenters. The van der Waals surface area contributed by atoms with Crippen LogP contribution in [-0.4, -0.2) is 36.3 Å². The zero-order valence-corrected chi connectivity index (χ0v) is 12.3. The van der Waals surface area contributed by atoms with E-state index in [1.165, 1.54) is 0 Å². The zero-order valence-electron chi connectivity index (χ0n) is 12.3. The molecule has 0 radical (unpaired) electrons. The number of nitrogens with zero attached hydrogens (tertiary/aromatic N) is 1. The van der Waals surface area contributed by atoms with E-state index in [0.717, 1.165) is 24.2 Å². The molecular weight excluding hydrogens is 268 g/mol. The lowest BCUT2D eigenvalue weighted by Gasteiger charge is -2.15. The van der Waals surface area contributed by atoms with Crippen molar-refractivity contribution < 1.29 is 9.59 Å². The first-order valence-electron chi connectivity index (χ1n) is 7.13. The second kappa shape index (κ2) is 6.58. The van der Waals surface area contributed by atoms with E-state index in [1.807, 2.05) is 13.0 Å². The number of primary amides is 1. The summed E-state index contributed by atoms with van der Waals surface area (Å²) in [7, 11) is 0. The van der Waals surface area contributed by atoms with Crippen LogP contribution in [0.15, 0.2) is 18.2 Å². The second-order valence-corrected chi connectivity index (χ2v) is 5.56. The van der Waals surface area contributed by atoms with Crippen molar-refractivity contribution in [2.24, 2.45) is 11.7 Å². The summed E-state index contributed by atoms with van der Waals surface area (Å²) in [6.07, 6.45) is 1.17. The van der Waals surface area contributed by atoms with Gasteiger partial charge in [-0.3, -0.25) is 9.59 Å². The van der Waals surface area contributed by atoms with Gasteiger partial charge in [-0.25, -0.2) is 0 Å². The lowest BCUT2D eigenvalue weighted by Crippen LogP contribution is -2.29. The molecule has 0 spiro atoms. The molecule has 0 saturated carbocycles. The van der Waals surface area contributed by atoms with E-state index in [2.05, 4.69) is 10.2 Å². The predicted molar refractivity (Wildman–Crippen MR) is 82.6 cm³/mol. The van der Waals surface area contributed by atoms with Crippen molar-refractivity contribution in [2.45, 2.75) is 19.8 Å². The molecule has 2 amide bonds. The first kappa shape index (κ1) is 15.3. The van der Waals surface area contributed by atoms with Crippen molar-refractivity contribution in [1.82, 2.24) is 4.90 Å². The molecule has 6 heteroatoms. The smallest absolute Gasteiger partial charge is 0.225 e. The molecule has 1 heterocycles. The normalized spacial score (nSPS) is 18.6. The molecule has 5 N–H and O–H groups in total. The van der Waals surface area contributed by atoms with Gasteiger partial charge in [-0.05, 0) is 37.6 Å². The number of nitrogens with one attached hydrogen (secondary N) is 1. The lowest BCUT2D eigenvalue weighted by atomic mass is 10.1. The highest BCUT2D eigenvalue weighted by atomic mass is 16.2. The summed E-state index contributed by atoms with van der Waals surface area (Å²) in [5.74, 6) is -0.382. The fourth-order valence-corrected chi connectivity index (χ4v) is 2.51. The molecule has 1 aromatic carbocycles. The predicted octanol–water partition coefficient (Wildman–Crippen LogP) is 0.713. The lowest BCUT2D eigenvalue weighted by molar-refractivity contribution is -0.121. The van der Waals surface area contributed by atoms with Crippen molar-refractivity contribution in [3.63, 3.8) is 0 Å². The van der Waals surface area contributed by atoms with Crippen LogP contribution in [0.1, 0.15) is 18.4 Å². The first-order valence-corrected chi connectivity index (χ1v) is 7.13. The quantitative estimate of drug-likeness (QED) is 0.695. The van der Waals surface area contributed by atoms with Crippen LogP contribution in [-0.2, 0) is 9.59 Å². The summed E-state index contributed by atoms with van der Waals surface area (Å²) < 4.78 is 0. The fraction of sp³-hybridized carbons (Fsp3) is 0.467. The number of likely N-dealkylation sites (tertiary alicyclic amines) is 1. The van der Waals surface area contributed by atoms with E-state index in [1.54, 1.807) is 12.1 Å². The van der Waals surface area contributed by atoms with Crippen LogP contribution < -0.4 is 16.8 Å². The Balaban J connectivity index is 1.80. The van der Waals surface area contributed by atoms with E-state index in [9.17, 15) is 9.59 Å². The fourth-order valence-electron chi connectivity index (χ4n) is 2.51. The van der Waals surface area contributed by atoms with Gasteiger partial charge in [-0.1, -0.05) is 6.07 Å². The molecule has 0 bridgehead atoms. The van der Waals surface area contributed by atoms with Gasteiger partial charge < -0.3 is 21.7 Å². The summed E-state index contributed by atoms with van der Waals surface area (Å²) in [6.45, 7) is 4.03. The summed E-state index contributed by atoms with van der Waals surface area (Å²) in [4.78, 5) is 25.2. The third-order valence-corrected chi connectivity index (χ3v) is 3.87. The van der Waals surface area contributed by atoms with Gasteiger partial charge >= 0.3 is 0 Å². The number of hydrogen-bond acceptors (Lipinski definition) is 4. The van der Waals surface area contributed by atoms with E-state index >= 15 is 0 Å². The van der Waals surface area contributed by atoms with Crippen LogP contribution in [0.2, 0.25) is 0 Å². The van der Waals surface area contributed by atoms with Crippen molar-refractivity contribution in [3.8, 4) is 0 Å². The Morgan fingerprint density at radius 2 is 2.19 bits per heavy atom. The van der Waals surface area contributed by atoms with Gasteiger partial charge in [-0.2, -0.15) is 0 Å². The monoisotopic (exact) mass is 290 g/mol. The summed E-state index contributed by atoms with van der Waals surface area (Å²) in [6, 6.07) is 5.44. The summed E-state index contributed by atoms with van der Waals surface area (Å²) in [5, 5.41) is 2.87. The maximum atomic E-state index is 12.0. The van der Waals surface area contributed by atoms with Gasteiger partial charge in [0.1, 0.15) is 0 Å². The van der Waals surface area contributed by atoms with E-state index < -0.39 is 0 Å². The Morgan fingerprint density at radius 1 is 1.43 bits per heavy atom. The van der Waals surface area contributed by atoms with E-state index in [0.29, 0.717) is 25.2 Å². The van der Waals surface area contributed by atoms with Crippen molar-refractivity contribution in [3.05, 3.63) is 23.8 Å². The Morgan fingerprint density at radius 3 is 2.86 bits per heavy atom. The molecule has 1 saturated heterocycles. The molecule has 0 aliphatic carbocycles. The Labute approximate surface area is 124 Å². The molecule has 0 aromatic heterocycles. The highest BCUT2D eigenvalue weighted by molar-refractivity contribution is 5.92. The maximum absolute atomic E-state index is 12.0. The SMILES string of the molecule is Cc1ccc(N)cc1NC(=O)CCN1CCC(C(N)=O)C1. The minimum absolute atomic E-state index is 0.0498. The van der Waals surface area contributed by atoms with Crippen LogP contribution in [0, 0.1) is 12.8 Å². The van der Waals surface area contributed by atoms with Gasteiger partial charge in [0, 0.05) is 30.9 Å². The Hall–Kier alpha value is -2.08. The molecule has 1 aromatic rings. The molecule has 6 nitrogen and oxygen atoms in total. The van der Waals surface area contributed by atoms with Crippen LogP contribution in [0.3, 0.4) is 0 Å². The molecular formula is C15H22N4O2. The molecule has 2 rings (SSSR count). The van der Waals surface area contributed by atoms with Crippen molar-refractivity contribution in [1.29, 1.82) is 0 Å². The van der Waals surface area contributed by atoms with Gasteiger partial charge in [-0.15, -0.1) is 0 Å². The Kier molecular flexibility index (Phi) is 4.80. The Bertz CT molecular complexity index is 544. The van der Waals surface area contributed by atoms with Crippen molar-refractivity contribution >= 4 is 23.2 Å². The summed E-state index contributed by atoms with van der Waals surface area (Å²) >= 11 is 0. The number of nitrogen functional groups attached to an aromatic ring is 1. The maximum Gasteiger partial charge on any atom is 0.225 e. The topological polar surface area (TPSA) is 101 Å². The van der Waals surface area contributed by atoms with Crippen molar-refractivity contribution in [2.75, 3.05) is 30.7 Å². The van der Waals surface area contributed by atoms with Gasteiger partial charge in [0.2, 0.25) is 11.8 Å². The van der Waals surface area contributed by atoms with Crippen LogP contribution in [0.25, 0.3) is 0 Å². The number of carbonyl (C=O) groups excluding carboxylic acids is 2. The molecule has 1 aliphatic rings. The number of rotatable bonds is 5. The highest BCUT2D eigenvalue weighted by Gasteiger charge is 2.26.